The van der Waals surface area contributed by atoms with Crippen molar-refractivity contribution in [3.8, 4) is 11.8 Å². The molecule has 0 aliphatic carbocycles. The standard InChI is InChI=1S/C16H17FN4O6S2/c17-13-14-10(5-11(22)15(13)21-7-12(23)20-29(21,25)26)6-18-16(19-14)27-8-9-1-3-28(24)4-2-9/h5-6,9,22H,1-4,7-8H2,(H,20,23). The molecule has 1 aromatic heterocycles. The van der Waals surface area contributed by atoms with Gasteiger partial charge in [-0.15, -0.1) is 0 Å². The van der Waals surface area contributed by atoms with Crippen molar-refractivity contribution in [2.24, 2.45) is 5.92 Å². The molecule has 0 radical (unpaired) electrons. The number of amides is 1. The van der Waals surface area contributed by atoms with Gasteiger partial charge in [0.2, 0.25) is 0 Å². The predicted octanol–water partition coefficient (Wildman–Crippen LogP) is 0.193. The molecule has 2 fully saturated rings. The Labute approximate surface area is 167 Å². The van der Waals surface area contributed by atoms with Crippen LogP contribution in [0, 0.1) is 11.7 Å². The molecule has 1 aromatic carbocycles. The molecule has 1 amide bonds. The second kappa shape index (κ2) is 7.37. The zero-order chi connectivity index (χ0) is 20.8. The van der Waals surface area contributed by atoms with E-state index >= 15 is 4.39 Å². The number of aromatic hydroxyl groups is 1. The van der Waals surface area contributed by atoms with E-state index in [1.807, 2.05) is 0 Å². The van der Waals surface area contributed by atoms with Crippen LogP contribution in [0.15, 0.2) is 12.3 Å². The van der Waals surface area contributed by atoms with Gasteiger partial charge in [0.05, 0.1) is 6.61 Å². The van der Waals surface area contributed by atoms with Gasteiger partial charge in [0, 0.05) is 33.9 Å². The van der Waals surface area contributed by atoms with E-state index in [-0.39, 0.29) is 29.4 Å². The zero-order valence-electron chi connectivity index (χ0n) is 15.0. The van der Waals surface area contributed by atoms with Crippen LogP contribution in [0.3, 0.4) is 0 Å². The Morgan fingerprint density at radius 3 is 2.76 bits per heavy atom. The number of fused-ring (bicyclic) bond motifs is 1. The van der Waals surface area contributed by atoms with Gasteiger partial charge in [0.1, 0.15) is 23.5 Å². The molecule has 2 saturated heterocycles. The Hall–Kier alpha value is -2.54. The molecule has 2 aromatic rings. The first-order valence-corrected chi connectivity index (χ1v) is 11.7. The number of nitrogens with one attached hydrogen (secondary N) is 1. The lowest BCUT2D eigenvalue weighted by atomic mass is 10.0. The molecule has 156 valence electrons. The first kappa shape index (κ1) is 19.8. The minimum Gasteiger partial charge on any atom is -0.506 e. The fourth-order valence-corrected chi connectivity index (χ4v) is 5.81. The molecule has 29 heavy (non-hydrogen) atoms. The number of halogens is 1. The molecule has 2 aliphatic rings. The number of carbonyl (C=O) groups is 1. The van der Waals surface area contributed by atoms with Crippen LogP contribution in [0.2, 0.25) is 0 Å². The van der Waals surface area contributed by atoms with Crippen LogP contribution < -0.4 is 13.8 Å². The topological polar surface area (TPSA) is 139 Å². The summed E-state index contributed by atoms with van der Waals surface area (Å²) in [6.07, 6.45) is 2.75. The monoisotopic (exact) mass is 444 g/mol. The Balaban J connectivity index is 1.64. The fraction of sp³-hybridized carbons (Fsp3) is 0.438. The number of aromatic nitrogens is 2. The summed E-state index contributed by atoms with van der Waals surface area (Å²) < 4.78 is 58.2. The summed E-state index contributed by atoms with van der Waals surface area (Å²) in [7, 11) is -5.10. The summed E-state index contributed by atoms with van der Waals surface area (Å²) in [5.41, 5.74) is -0.919. The van der Waals surface area contributed by atoms with E-state index in [9.17, 15) is 22.5 Å². The Morgan fingerprint density at radius 2 is 2.10 bits per heavy atom. The molecule has 0 atom stereocenters. The van der Waals surface area contributed by atoms with E-state index in [2.05, 4.69) is 9.97 Å². The number of nitrogens with zero attached hydrogens (tertiary/aromatic N) is 3. The van der Waals surface area contributed by atoms with E-state index in [4.69, 9.17) is 4.74 Å². The molecular formula is C16H17FN4O6S2. The Bertz CT molecular complexity index is 1120. The predicted molar refractivity (Wildman–Crippen MR) is 102 cm³/mol. The number of hydrogen-bond acceptors (Lipinski definition) is 8. The first-order valence-electron chi connectivity index (χ1n) is 8.74. The fourth-order valence-electron chi connectivity index (χ4n) is 3.25. The Morgan fingerprint density at radius 1 is 1.38 bits per heavy atom. The third-order valence-corrected chi connectivity index (χ3v) is 7.53. The maximum atomic E-state index is 15.1. The van der Waals surface area contributed by atoms with Crippen LogP contribution in [-0.2, 0) is 25.8 Å². The van der Waals surface area contributed by atoms with Gasteiger partial charge in [-0.1, -0.05) is 0 Å². The van der Waals surface area contributed by atoms with Crippen molar-refractivity contribution in [3.63, 3.8) is 0 Å². The summed E-state index contributed by atoms with van der Waals surface area (Å²) in [5, 5.41) is 10.3. The number of anilines is 1. The molecule has 0 saturated carbocycles. The molecular weight excluding hydrogens is 427 g/mol. The minimum atomic E-state index is -4.31. The summed E-state index contributed by atoms with van der Waals surface area (Å²) in [6.45, 7) is -0.371. The summed E-state index contributed by atoms with van der Waals surface area (Å²) >= 11 is 0. The third-order valence-electron chi connectivity index (χ3n) is 4.77. The number of phenols is 1. The van der Waals surface area contributed by atoms with Crippen LogP contribution in [0.1, 0.15) is 12.8 Å². The Kier molecular flexibility index (Phi) is 5.02. The van der Waals surface area contributed by atoms with Crippen molar-refractivity contribution in [2.45, 2.75) is 12.8 Å². The normalized spacial score (nSPS) is 23.9. The highest BCUT2D eigenvalue weighted by atomic mass is 32.2. The maximum absolute atomic E-state index is 15.1. The number of hydrogen-bond donors (Lipinski definition) is 2. The number of benzene rings is 1. The molecule has 0 bridgehead atoms. The molecule has 0 unspecified atom stereocenters. The van der Waals surface area contributed by atoms with Gasteiger partial charge in [0.15, 0.2) is 5.82 Å². The summed E-state index contributed by atoms with van der Waals surface area (Å²) in [5.74, 6) is -1.20. The minimum absolute atomic E-state index is 0.0989. The second-order valence-corrected chi connectivity index (χ2v) is 10.1. The molecule has 3 heterocycles. The lowest BCUT2D eigenvalue weighted by Gasteiger charge is -2.21. The lowest BCUT2D eigenvalue weighted by Crippen LogP contribution is -2.30. The largest absolute Gasteiger partial charge is 0.506 e. The molecule has 2 N–H and O–H groups in total. The lowest BCUT2D eigenvalue weighted by molar-refractivity contribution is -0.117. The maximum Gasteiger partial charge on any atom is 0.326 e. The third kappa shape index (κ3) is 3.83. The number of carbonyl (C=O) groups excluding carboxylic acids is 1. The van der Waals surface area contributed by atoms with Crippen molar-refractivity contribution in [1.29, 1.82) is 0 Å². The molecule has 2 aliphatic heterocycles. The van der Waals surface area contributed by atoms with Crippen molar-refractivity contribution in [2.75, 3.05) is 29.0 Å². The van der Waals surface area contributed by atoms with E-state index in [1.165, 1.54) is 6.20 Å². The van der Waals surface area contributed by atoms with Gasteiger partial charge in [-0.3, -0.25) is 9.00 Å². The second-order valence-electron chi connectivity index (χ2n) is 6.79. The number of ether oxygens (including phenoxy) is 1. The zero-order valence-corrected chi connectivity index (χ0v) is 16.6. The van der Waals surface area contributed by atoms with E-state index < -0.39 is 50.7 Å². The average molecular weight is 444 g/mol. The van der Waals surface area contributed by atoms with Crippen LogP contribution >= 0.6 is 0 Å². The molecule has 13 heteroatoms. The van der Waals surface area contributed by atoms with Crippen molar-refractivity contribution >= 4 is 43.5 Å². The van der Waals surface area contributed by atoms with Crippen LogP contribution in [0.4, 0.5) is 10.1 Å². The molecule has 4 rings (SSSR count). The number of phenolic OH excluding ortho intramolecular Hbond substituents is 1. The molecule has 0 spiro atoms. The summed E-state index contributed by atoms with van der Waals surface area (Å²) in [4.78, 5) is 19.4. The smallest absolute Gasteiger partial charge is 0.326 e. The highest BCUT2D eigenvalue weighted by molar-refractivity contribution is 7.92. The highest BCUT2D eigenvalue weighted by Gasteiger charge is 2.38. The number of rotatable bonds is 4. The van der Waals surface area contributed by atoms with Crippen molar-refractivity contribution < 1.29 is 31.7 Å². The van der Waals surface area contributed by atoms with E-state index in [0.717, 1.165) is 18.9 Å². The highest BCUT2D eigenvalue weighted by Crippen LogP contribution is 2.37. The first-order chi connectivity index (χ1) is 13.7. The van der Waals surface area contributed by atoms with Gasteiger partial charge in [0.25, 0.3) is 5.91 Å². The van der Waals surface area contributed by atoms with Gasteiger partial charge in [-0.05, 0) is 24.8 Å². The van der Waals surface area contributed by atoms with Crippen molar-refractivity contribution in [1.82, 2.24) is 14.7 Å². The van der Waals surface area contributed by atoms with Gasteiger partial charge >= 0.3 is 16.2 Å². The van der Waals surface area contributed by atoms with Crippen molar-refractivity contribution in [3.05, 3.63) is 18.1 Å². The SMILES string of the molecule is O=C1CN(c2c(O)cc3cnc(OCC4CCS(=O)CC4)nc3c2F)S(=O)(=O)N1. The van der Waals surface area contributed by atoms with Gasteiger partial charge in [-0.2, -0.15) is 13.4 Å². The molecule has 10 nitrogen and oxygen atoms in total. The van der Waals surface area contributed by atoms with E-state index in [0.29, 0.717) is 15.8 Å². The quantitative estimate of drug-likeness (QED) is 0.682. The van der Waals surface area contributed by atoms with Crippen LogP contribution in [0.5, 0.6) is 11.8 Å². The summed E-state index contributed by atoms with van der Waals surface area (Å²) in [6, 6.07) is 1.02. The van der Waals surface area contributed by atoms with Gasteiger partial charge < -0.3 is 9.84 Å². The average Bonchev–Trinajstić information content (AvgIpc) is 2.93. The van der Waals surface area contributed by atoms with Crippen LogP contribution in [-0.4, -0.2) is 58.3 Å². The van der Waals surface area contributed by atoms with Crippen LogP contribution in [0.25, 0.3) is 10.9 Å². The van der Waals surface area contributed by atoms with Gasteiger partial charge in [-0.25, -0.2) is 18.4 Å². The van der Waals surface area contributed by atoms with E-state index in [1.54, 1.807) is 4.72 Å².